The second-order valence-corrected chi connectivity index (χ2v) is 5.96. The zero-order valence-corrected chi connectivity index (χ0v) is 13.9. The van der Waals surface area contributed by atoms with E-state index in [1.54, 1.807) is 12.1 Å². The first kappa shape index (κ1) is 17.2. The monoisotopic (exact) mass is 329 g/mol. The first-order valence-corrected chi connectivity index (χ1v) is 8.03. The van der Waals surface area contributed by atoms with Gasteiger partial charge in [0.25, 0.3) is 0 Å². The highest BCUT2D eigenvalue weighted by Gasteiger charge is 2.09. The maximum atomic E-state index is 12.0. The van der Waals surface area contributed by atoms with Crippen molar-refractivity contribution in [1.29, 1.82) is 0 Å². The van der Waals surface area contributed by atoms with Crippen molar-refractivity contribution in [2.24, 2.45) is 0 Å². The fourth-order valence-electron chi connectivity index (χ4n) is 2.24. The topological polar surface area (TPSA) is 46.2 Å². The van der Waals surface area contributed by atoms with Crippen LogP contribution in [0.5, 0.6) is 0 Å². The highest BCUT2D eigenvalue weighted by molar-refractivity contribution is 6.30. The first-order valence-electron chi connectivity index (χ1n) is 7.65. The van der Waals surface area contributed by atoms with Crippen LogP contribution in [-0.4, -0.2) is 18.2 Å². The lowest BCUT2D eigenvalue weighted by molar-refractivity contribution is -0.121. The van der Waals surface area contributed by atoms with Crippen LogP contribution in [0.1, 0.15) is 34.3 Å². The summed E-state index contributed by atoms with van der Waals surface area (Å²) >= 11 is 5.91. The quantitative estimate of drug-likeness (QED) is 0.781. The largest absolute Gasteiger partial charge is 0.356 e. The third kappa shape index (κ3) is 5.87. The average molecular weight is 330 g/mol. The molecule has 3 nitrogen and oxygen atoms in total. The van der Waals surface area contributed by atoms with Gasteiger partial charge in [-0.15, -0.1) is 0 Å². The standard InChI is InChI=1S/C19H20ClNO2/c1-14-5-7-16(8-6-14)18(22)9-10-19(23)21-12-11-15-3-2-4-17(20)13-15/h2-8,13H,9-12H2,1H3,(H,21,23). The number of halogens is 1. The van der Waals surface area contributed by atoms with Crippen LogP contribution in [0.3, 0.4) is 0 Å². The Hall–Kier alpha value is -2.13. The number of ketones is 1. The van der Waals surface area contributed by atoms with Gasteiger partial charge in [-0.2, -0.15) is 0 Å². The third-order valence-corrected chi connectivity index (χ3v) is 3.81. The van der Waals surface area contributed by atoms with Crippen LogP contribution in [0.4, 0.5) is 0 Å². The fraction of sp³-hybridized carbons (Fsp3) is 0.263. The fourth-order valence-corrected chi connectivity index (χ4v) is 2.45. The zero-order chi connectivity index (χ0) is 16.7. The molecule has 0 radical (unpaired) electrons. The molecule has 2 rings (SSSR count). The summed E-state index contributed by atoms with van der Waals surface area (Å²) < 4.78 is 0. The molecule has 2 aromatic carbocycles. The van der Waals surface area contributed by atoms with Crippen molar-refractivity contribution in [3.8, 4) is 0 Å². The number of carbonyl (C=O) groups is 2. The third-order valence-electron chi connectivity index (χ3n) is 3.58. The molecule has 0 bridgehead atoms. The van der Waals surface area contributed by atoms with Gasteiger partial charge in [-0.3, -0.25) is 9.59 Å². The Kier molecular flexibility index (Phi) is 6.36. The summed E-state index contributed by atoms with van der Waals surface area (Å²) in [5.74, 6) is -0.109. The number of amides is 1. The molecule has 1 N–H and O–H groups in total. The van der Waals surface area contributed by atoms with Crippen molar-refractivity contribution in [1.82, 2.24) is 5.32 Å². The number of rotatable bonds is 7. The van der Waals surface area contributed by atoms with Crippen LogP contribution >= 0.6 is 11.6 Å². The molecule has 0 saturated carbocycles. The maximum Gasteiger partial charge on any atom is 0.220 e. The molecule has 0 aliphatic heterocycles. The van der Waals surface area contributed by atoms with Crippen LogP contribution in [0.25, 0.3) is 0 Å². The molecule has 23 heavy (non-hydrogen) atoms. The number of carbonyl (C=O) groups excluding carboxylic acids is 2. The highest BCUT2D eigenvalue weighted by Crippen LogP contribution is 2.11. The Morgan fingerprint density at radius 3 is 2.48 bits per heavy atom. The van der Waals surface area contributed by atoms with Crippen molar-refractivity contribution >= 4 is 23.3 Å². The number of nitrogens with one attached hydrogen (secondary N) is 1. The smallest absolute Gasteiger partial charge is 0.220 e. The molecule has 0 saturated heterocycles. The number of benzene rings is 2. The van der Waals surface area contributed by atoms with Crippen LogP contribution in [0, 0.1) is 6.92 Å². The summed E-state index contributed by atoms with van der Waals surface area (Å²) in [5.41, 5.74) is 2.84. The van der Waals surface area contributed by atoms with Crippen molar-refractivity contribution in [3.63, 3.8) is 0 Å². The Labute approximate surface area is 141 Å². The normalized spacial score (nSPS) is 10.3. The second-order valence-electron chi connectivity index (χ2n) is 5.52. The molecule has 0 unspecified atom stereocenters. The Morgan fingerprint density at radius 1 is 1.04 bits per heavy atom. The minimum atomic E-state index is -0.104. The van der Waals surface area contributed by atoms with Crippen LogP contribution in [0.15, 0.2) is 48.5 Å². The predicted octanol–water partition coefficient (Wildman–Crippen LogP) is 3.97. The summed E-state index contributed by atoms with van der Waals surface area (Å²) in [6.45, 7) is 2.51. The van der Waals surface area contributed by atoms with Crippen molar-refractivity contribution < 1.29 is 9.59 Å². The van der Waals surface area contributed by atoms with E-state index in [9.17, 15) is 9.59 Å². The molecular formula is C19H20ClNO2. The van der Waals surface area contributed by atoms with Gasteiger partial charge in [-0.1, -0.05) is 53.6 Å². The van der Waals surface area contributed by atoms with Crippen molar-refractivity contribution in [3.05, 3.63) is 70.2 Å². The maximum absolute atomic E-state index is 12.0. The van der Waals surface area contributed by atoms with Crippen molar-refractivity contribution in [2.75, 3.05) is 6.54 Å². The molecule has 4 heteroatoms. The SMILES string of the molecule is Cc1ccc(C(=O)CCC(=O)NCCc2cccc(Cl)c2)cc1. The Morgan fingerprint density at radius 2 is 1.78 bits per heavy atom. The van der Waals surface area contributed by atoms with Crippen LogP contribution in [0.2, 0.25) is 5.02 Å². The number of hydrogen-bond donors (Lipinski definition) is 1. The van der Waals surface area contributed by atoms with Gasteiger partial charge in [-0.05, 0) is 31.0 Å². The van der Waals surface area contributed by atoms with E-state index in [1.165, 1.54) is 0 Å². The molecule has 2 aromatic rings. The molecule has 1 amide bonds. The number of aryl methyl sites for hydroxylation is 1. The highest BCUT2D eigenvalue weighted by atomic mass is 35.5. The van der Waals surface area contributed by atoms with Gasteiger partial charge < -0.3 is 5.32 Å². The lowest BCUT2D eigenvalue weighted by Crippen LogP contribution is -2.26. The summed E-state index contributed by atoms with van der Waals surface area (Å²) in [6, 6.07) is 15.0. The molecular weight excluding hydrogens is 310 g/mol. The van der Waals surface area contributed by atoms with Crippen molar-refractivity contribution in [2.45, 2.75) is 26.2 Å². The lowest BCUT2D eigenvalue weighted by atomic mass is 10.0. The molecule has 120 valence electrons. The molecule has 0 heterocycles. The van der Waals surface area contributed by atoms with Gasteiger partial charge in [-0.25, -0.2) is 0 Å². The Balaban J connectivity index is 1.70. The van der Waals surface area contributed by atoms with E-state index < -0.39 is 0 Å². The number of hydrogen-bond acceptors (Lipinski definition) is 2. The van der Waals surface area contributed by atoms with E-state index in [0.29, 0.717) is 17.1 Å². The summed E-state index contributed by atoms with van der Waals surface area (Å²) in [5, 5.41) is 3.52. The first-order chi connectivity index (χ1) is 11.0. The summed E-state index contributed by atoms with van der Waals surface area (Å²) in [7, 11) is 0. The van der Waals surface area contributed by atoms with E-state index in [2.05, 4.69) is 5.32 Å². The van der Waals surface area contributed by atoms with E-state index in [4.69, 9.17) is 11.6 Å². The Bertz CT molecular complexity index is 680. The number of Topliss-reactive ketones (excluding diaryl/α,β-unsaturated/α-hetero) is 1. The van der Waals surface area contributed by atoms with Gasteiger partial charge in [0.2, 0.25) is 5.91 Å². The van der Waals surface area contributed by atoms with Gasteiger partial charge in [0, 0.05) is 30.0 Å². The minimum absolute atomic E-state index is 0.00464. The van der Waals surface area contributed by atoms with Gasteiger partial charge >= 0.3 is 0 Å². The van der Waals surface area contributed by atoms with Gasteiger partial charge in [0.1, 0.15) is 0 Å². The second kappa shape index (κ2) is 8.49. The zero-order valence-electron chi connectivity index (χ0n) is 13.1. The van der Waals surface area contributed by atoms with Gasteiger partial charge in [0.15, 0.2) is 5.78 Å². The molecule has 0 aliphatic carbocycles. The predicted molar refractivity (Wildman–Crippen MR) is 92.9 cm³/mol. The van der Waals surface area contributed by atoms with E-state index in [0.717, 1.165) is 17.5 Å². The molecule has 0 spiro atoms. The lowest BCUT2D eigenvalue weighted by Gasteiger charge is -2.06. The average Bonchev–Trinajstić information content (AvgIpc) is 2.53. The molecule has 0 fully saturated rings. The molecule has 0 atom stereocenters. The van der Waals surface area contributed by atoms with Crippen LogP contribution < -0.4 is 5.32 Å². The van der Waals surface area contributed by atoms with Crippen LogP contribution in [-0.2, 0) is 11.2 Å². The van der Waals surface area contributed by atoms with E-state index >= 15 is 0 Å². The molecule has 0 aliphatic rings. The van der Waals surface area contributed by atoms with Gasteiger partial charge in [0.05, 0.1) is 0 Å². The summed E-state index contributed by atoms with van der Waals surface area (Å²) in [6.07, 6.45) is 1.16. The molecule has 0 aromatic heterocycles. The van der Waals surface area contributed by atoms with E-state index in [1.807, 2.05) is 43.3 Å². The minimum Gasteiger partial charge on any atom is -0.356 e. The van der Waals surface area contributed by atoms with E-state index in [-0.39, 0.29) is 24.5 Å². The summed E-state index contributed by atoms with van der Waals surface area (Å²) in [4.78, 5) is 23.8.